The van der Waals surface area contributed by atoms with Crippen molar-refractivity contribution in [3.05, 3.63) is 72.1 Å². The second-order valence-electron chi connectivity index (χ2n) is 5.44. The van der Waals surface area contributed by atoms with E-state index in [9.17, 15) is 9.59 Å². The topological polar surface area (TPSA) is 67.9 Å². The molecule has 1 atom stereocenters. The van der Waals surface area contributed by atoms with Crippen molar-refractivity contribution in [2.45, 2.75) is 6.04 Å². The zero-order valence-corrected chi connectivity index (χ0v) is 13.9. The molecule has 0 aromatic heterocycles. The molecule has 1 amide bonds. The lowest BCUT2D eigenvalue weighted by Crippen LogP contribution is -2.45. The summed E-state index contributed by atoms with van der Waals surface area (Å²) in [7, 11) is 2.86. The number of esters is 1. The van der Waals surface area contributed by atoms with E-state index in [0.717, 1.165) is 11.3 Å². The van der Waals surface area contributed by atoms with E-state index in [1.54, 1.807) is 30.3 Å². The highest BCUT2D eigenvalue weighted by molar-refractivity contribution is 5.99. The van der Waals surface area contributed by atoms with Gasteiger partial charge in [0.1, 0.15) is 17.5 Å². The second-order valence-corrected chi connectivity index (χ2v) is 5.44. The first-order valence-corrected chi connectivity index (χ1v) is 7.72. The molecule has 1 unspecified atom stereocenters. The average Bonchev–Trinajstić information content (AvgIpc) is 2.67. The van der Waals surface area contributed by atoms with Crippen molar-refractivity contribution in [3.8, 4) is 5.75 Å². The van der Waals surface area contributed by atoms with Crippen molar-refractivity contribution in [1.29, 1.82) is 0 Å². The summed E-state index contributed by atoms with van der Waals surface area (Å²) in [4.78, 5) is 26.3. The van der Waals surface area contributed by atoms with E-state index >= 15 is 0 Å². The first kappa shape index (κ1) is 16.6. The standard InChI is InChI=1S/C19H18N2O4/c1-24-15-10-8-14(9-11-15)21-12-16(19(23)25-2)20-18(22)17(21)13-6-4-3-5-7-13/h3-12,17H,1-2H3,(H,20,22). The quantitative estimate of drug-likeness (QED) is 0.867. The van der Waals surface area contributed by atoms with Crippen molar-refractivity contribution in [2.24, 2.45) is 0 Å². The van der Waals surface area contributed by atoms with E-state index in [-0.39, 0.29) is 11.6 Å². The molecule has 3 rings (SSSR count). The molecule has 0 spiro atoms. The summed E-state index contributed by atoms with van der Waals surface area (Å²) < 4.78 is 9.91. The molecule has 1 aliphatic heterocycles. The van der Waals surface area contributed by atoms with E-state index in [4.69, 9.17) is 9.47 Å². The fraction of sp³-hybridized carbons (Fsp3) is 0.158. The summed E-state index contributed by atoms with van der Waals surface area (Å²) >= 11 is 0. The van der Waals surface area contributed by atoms with Gasteiger partial charge >= 0.3 is 5.97 Å². The number of anilines is 1. The van der Waals surface area contributed by atoms with Gasteiger partial charge in [0, 0.05) is 11.9 Å². The largest absolute Gasteiger partial charge is 0.497 e. The van der Waals surface area contributed by atoms with Crippen LogP contribution in [0.2, 0.25) is 0 Å². The van der Waals surface area contributed by atoms with Crippen LogP contribution in [-0.4, -0.2) is 26.1 Å². The number of nitrogens with zero attached hydrogens (tertiary/aromatic N) is 1. The van der Waals surface area contributed by atoms with Crippen LogP contribution >= 0.6 is 0 Å². The van der Waals surface area contributed by atoms with Gasteiger partial charge in [0.25, 0.3) is 5.91 Å². The number of amides is 1. The predicted molar refractivity (Wildman–Crippen MR) is 92.9 cm³/mol. The normalized spacial score (nSPS) is 16.7. The van der Waals surface area contributed by atoms with Gasteiger partial charge in [-0.25, -0.2) is 4.79 Å². The third-order valence-corrected chi connectivity index (χ3v) is 3.94. The number of carbonyl (C=O) groups excluding carboxylic acids is 2. The summed E-state index contributed by atoms with van der Waals surface area (Å²) in [6.45, 7) is 0. The van der Waals surface area contributed by atoms with Crippen LogP contribution in [0.15, 0.2) is 66.5 Å². The Kier molecular flexibility index (Phi) is 4.70. The minimum atomic E-state index is -0.599. The van der Waals surface area contributed by atoms with Gasteiger partial charge in [-0.2, -0.15) is 0 Å². The second kappa shape index (κ2) is 7.09. The van der Waals surface area contributed by atoms with Gasteiger partial charge in [0.05, 0.1) is 14.2 Å². The molecule has 6 heteroatoms. The number of hydrogen-bond acceptors (Lipinski definition) is 5. The molecule has 0 saturated heterocycles. The minimum Gasteiger partial charge on any atom is -0.497 e. The highest BCUT2D eigenvalue weighted by Crippen LogP contribution is 2.32. The molecule has 2 aromatic carbocycles. The van der Waals surface area contributed by atoms with Crippen LogP contribution in [0.1, 0.15) is 11.6 Å². The summed E-state index contributed by atoms with van der Waals surface area (Å²) in [5.74, 6) is -0.193. The summed E-state index contributed by atoms with van der Waals surface area (Å²) in [5, 5.41) is 2.62. The number of benzene rings is 2. The Morgan fingerprint density at radius 3 is 2.32 bits per heavy atom. The van der Waals surface area contributed by atoms with Crippen LogP contribution < -0.4 is 15.0 Å². The molecule has 0 saturated carbocycles. The molecule has 0 radical (unpaired) electrons. The molecule has 1 aliphatic rings. The highest BCUT2D eigenvalue weighted by atomic mass is 16.5. The molecule has 6 nitrogen and oxygen atoms in total. The number of nitrogens with one attached hydrogen (secondary N) is 1. The SMILES string of the molecule is COC(=O)C1=CN(c2ccc(OC)cc2)C(c2ccccc2)C(=O)N1. The monoisotopic (exact) mass is 338 g/mol. The van der Waals surface area contributed by atoms with Crippen molar-refractivity contribution >= 4 is 17.6 Å². The number of methoxy groups -OCH3 is 2. The van der Waals surface area contributed by atoms with Gasteiger partial charge in [-0.05, 0) is 29.8 Å². The molecule has 0 bridgehead atoms. The molecule has 25 heavy (non-hydrogen) atoms. The number of carbonyl (C=O) groups is 2. The molecule has 128 valence electrons. The molecule has 0 fully saturated rings. The molecule has 0 aliphatic carbocycles. The van der Waals surface area contributed by atoms with Crippen molar-refractivity contribution < 1.29 is 19.1 Å². The molecule has 1 heterocycles. The predicted octanol–water partition coefficient (Wildman–Crippen LogP) is 2.39. The van der Waals surface area contributed by atoms with Gasteiger partial charge in [-0.15, -0.1) is 0 Å². The maximum absolute atomic E-state index is 12.7. The van der Waals surface area contributed by atoms with Crippen molar-refractivity contribution in [2.75, 3.05) is 19.1 Å². The molecular formula is C19H18N2O4. The van der Waals surface area contributed by atoms with Crippen LogP contribution in [0.5, 0.6) is 5.75 Å². The summed E-state index contributed by atoms with van der Waals surface area (Å²) in [5.41, 5.74) is 1.66. The lowest BCUT2D eigenvalue weighted by Gasteiger charge is -2.34. The van der Waals surface area contributed by atoms with E-state index in [2.05, 4.69) is 5.32 Å². The third-order valence-electron chi connectivity index (χ3n) is 3.94. The smallest absolute Gasteiger partial charge is 0.356 e. The lowest BCUT2D eigenvalue weighted by molar-refractivity contribution is -0.138. The lowest BCUT2D eigenvalue weighted by atomic mass is 10.0. The van der Waals surface area contributed by atoms with E-state index < -0.39 is 12.0 Å². The molecule has 1 N–H and O–H groups in total. The van der Waals surface area contributed by atoms with Crippen LogP contribution in [0.4, 0.5) is 5.69 Å². The Hall–Kier alpha value is -3.28. The van der Waals surface area contributed by atoms with Gasteiger partial charge in [-0.3, -0.25) is 4.79 Å². The van der Waals surface area contributed by atoms with Crippen LogP contribution in [0.3, 0.4) is 0 Å². The third kappa shape index (κ3) is 3.33. The minimum absolute atomic E-state index is 0.0931. The van der Waals surface area contributed by atoms with Gasteiger partial charge in [0.15, 0.2) is 0 Å². The Morgan fingerprint density at radius 2 is 1.72 bits per heavy atom. The van der Waals surface area contributed by atoms with Crippen LogP contribution in [-0.2, 0) is 14.3 Å². The number of hydrogen-bond donors (Lipinski definition) is 1. The fourth-order valence-electron chi connectivity index (χ4n) is 2.71. The van der Waals surface area contributed by atoms with E-state index in [1.165, 1.54) is 7.11 Å². The number of rotatable bonds is 4. The van der Waals surface area contributed by atoms with E-state index in [0.29, 0.717) is 5.75 Å². The van der Waals surface area contributed by atoms with Gasteiger partial charge in [0.2, 0.25) is 0 Å². The summed E-state index contributed by atoms with van der Waals surface area (Å²) in [6.07, 6.45) is 1.59. The Bertz CT molecular complexity index is 800. The fourth-order valence-corrected chi connectivity index (χ4v) is 2.71. The Labute approximate surface area is 145 Å². The maximum atomic E-state index is 12.7. The Balaban J connectivity index is 2.07. The maximum Gasteiger partial charge on any atom is 0.356 e. The first-order chi connectivity index (χ1) is 12.1. The van der Waals surface area contributed by atoms with E-state index in [1.807, 2.05) is 42.5 Å². The van der Waals surface area contributed by atoms with Gasteiger partial charge < -0.3 is 19.7 Å². The number of ether oxygens (including phenoxy) is 2. The average molecular weight is 338 g/mol. The van der Waals surface area contributed by atoms with Gasteiger partial charge in [-0.1, -0.05) is 30.3 Å². The Morgan fingerprint density at radius 1 is 1.04 bits per heavy atom. The molecule has 2 aromatic rings. The molecular weight excluding hydrogens is 320 g/mol. The zero-order chi connectivity index (χ0) is 17.8. The van der Waals surface area contributed by atoms with Crippen molar-refractivity contribution in [3.63, 3.8) is 0 Å². The first-order valence-electron chi connectivity index (χ1n) is 7.72. The van der Waals surface area contributed by atoms with Crippen LogP contribution in [0, 0.1) is 0 Å². The summed E-state index contributed by atoms with van der Waals surface area (Å²) in [6, 6.07) is 16.0. The highest BCUT2D eigenvalue weighted by Gasteiger charge is 2.33. The van der Waals surface area contributed by atoms with Crippen LogP contribution in [0.25, 0.3) is 0 Å². The zero-order valence-electron chi connectivity index (χ0n) is 13.9. The van der Waals surface area contributed by atoms with Crippen molar-refractivity contribution in [1.82, 2.24) is 5.32 Å².